The van der Waals surface area contributed by atoms with Crippen molar-refractivity contribution in [1.82, 2.24) is 15.5 Å². The van der Waals surface area contributed by atoms with Crippen molar-refractivity contribution in [2.45, 2.75) is 13.1 Å². The molecule has 0 aliphatic rings. The minimum atomic E-state index is -0.162. The fourth-order valence-corrected chi connectivity index (χ4v) is 3.11. The van der Waals surface area contributed by atoms with Crippen LogP contribution in [0.1, 0.15) is 20.8 Å². The Hall–Kier alpha value is -2.05. The standard InChI is InChI=1S/C16H18ClN3O2S/c1-18-15(21)12-5-3-11(4-6-12)9-19-16(22)20(2)10-13-7-8-14(17)23-13/h3-8H,9-10H2,1-2H3,(H,18,21)(H,19,22). The molecule has 0 saturated carbocycles. The molecule has 2 N–H and O–H groups in total. The van der Waals surface area contributed by atoms with E-state index in [1.54, 1.807) is 31.1 Å². The summed E-state index contributed by atoms with van der Waals surface area (Å²) in [5.74, 6) is -0.130. The molecule has 0 aliphatic heterocycles. The zero-order valence-electron chi connectivity index (χ0n) is 12.9. The average Bonchev–Trinajstić information content (AvgIpc) is 2.97. The normalized spacial score (nSPS) is 10.2. The lowest BCUT2D eigenvalue weighted by molar-refractivity contribution is 0.0963. The molecule has 23 heavy (non-hydrogen) atoms. The molecule has 2 aromatic rings. The number of nitrogens with one attached hydrogen (secondary N) is 2. The van der Waals surface area contributed by atoms with E-state index in [4.69, 9.17) is 11.6 Å². The van der Waals surface area contributed by atoms with Gasteiger partial charge in [-0.05, 0) is 29.8 Å². The molecule has 0 atom stereocenters. The summed E-state index contributed by atoms with van der Waals surface area (Å²) < 4.78 is 0.713. The van der Waals surface area contributed by atoms with Crippen LogP contribution >= 0.6 is 22.9 Å². The maximum Gasteiger partial charge on any atom is 0.317 e. The van der Waals surface area contributed by atoms with Crippen LogP contribution in [0.2, 0.25) is 4.34 Å². The SMILES string of the molecule is CNC(=O)c1ccc(CNC(=O)N(C)Cc2ccc(Cl)s2)cc1. The van der Waals surface area contributed by atoms with Crippen LogP contribution in [0.4, 0.5) is 4.79 Å². The number of nitrogens with zero attached hydrogens (tertiary/aromatic N) is 1. The van der Waals surface area contributed by atoms with Crippen LogP contribution in [0, 0.1) is 0 Å². The van der Waals surface area contributed by atoms with E-state index in [2.05, 4.69) is 10.6 Å². The Morgan fingerprint density at radius 1 is 1.17 bits per heavy atom. The molecule has 0 unspecified atom stereocenters. The molecule has 0 radical (unpaired) electrons. The number of halogens is 1. The lowest BCUT2D eigenvalue weighted by Crippen LogP contribution is -2.36. The third-order valence-electron chi connectivity index (χ3n) is 3.26. The van der Waals surface area contributed by atoms with E-state index < -0.39 is 0 Å². The number of rotatable bonds is 5. The van der Waals surface area contributed by atoms with Gasteiger partial charge in [0.1, 0.15) is 0 Å². The first-order chi connectivity index (χ1) is 11.0. The maximum atomic E-state index is 12.1. The Kier molecular flexibility index (Phi) is 6.01. The highest BCUT2D eigenvalue weighted by Gasteiger charge is 2.10. The fraction of sp³-hybridized carbons (Fsp3) is 0.250. The van der Waals surface area contributed by atoms with E-state index in [1.807, 2.05) is 24.3 Å². The highest BCUT2D eigenvalue weighted by atomic mass is 35.5. The van der Waals surface area contributed by atoms with Gasteiger partial charge in [-0.15, -0.1) is 11.3 Å². The highest BCUT2D eigenvalue weighted by molar-refractivity contribution is 7.16. The van der Waals surface area contributed by atoms with Crippen molar-refractivity contribution in [1.29, 1.82) is 0 Å². The third-order valence-corrected chi connectivity index (χ3v) is 4.47. The van der Waals surface area contributed by atoms with Crippen molar-refractivity contribution in [3.63, 3.8) is 0 Å². The molecule has 1 aromatic heterocycles. The van der Waals surface area contributed by atoms with Gasteiger partial charge < -0.3 is 15.5 Å². The van der Waals surface area contributed by atoms with E-state index >= 15 is 0 Å². The van der Waals surface area contributed by atoms with Gasteiger partial charge in [0.15, 0.2) is 0 Å². The molecule has 0 fully saturated rings. The average molecular weight is 352 g/mol. The number of benzene rings is 1. The van der Waals surface area contributed by atoms with E-state index in [0.29, 0.717) is 23.0 Å². The summed E-state index contributed by atoms with van der Waals surface area (Å²) in [6.45, 7) is 0.918. The number of amides is 3. The molecular weight excluding hydrogens is 334 g/mol. The van der Waals surface area contributed by atoms with Crippen LogP contribution in [0.5, 0.6) is 0 Å². The van der Waals surface area contributed by atoms with E-state index in [-0.39, 0.29) is 11.9 Å². The summed E-state index contributed by atoms with van der Waals surface area (Å²) in [5.41, 5.74) is 1.52. The van der Waals surface area contributed by atoms with E-state index in [1.165, 1.54) is 11.3 Å². The van der Waals surface area contributed by atoms with E-state index in [0.717, 1.165) is 10.4 Å². The second-order valence-electron chi connectivity index (χ2n) is 5.00. The number of carbonyl (C=O) groups is 2. The Labute approximate surface area is 144 Å². The molecule has 122 valence electrons. The molecule has 7 heteroatoms. The molecule has 0 bridgehead atoms. The Balaban J connectivity index is 1.84. The fourth-order valence-electron chi connectivity index (χ4n) is 1.97. The summed E-state index contributed by atoms with van der Waals surface area (Å²) in [6.07, 6.45) is 0. The van der Waals surface area contributed by atoms with E-state index in [9.17, 15) is 9.59 Å². The van der Waals surface area contributed by atoms with Crippen molar-refractivity contribution in [2.24, 2.45) is 0 Å². The van der Waals surface area contributed by atoms with Crippen molar-refractivity contribution in [3.05, 3.63) is 56.7 Å². The second kappa shape index (κ2) is 7.99. The first kappa shape index (κ1) is 17.3. The van der Waals surface area contributed by atoms with Gasteiger partial charge in [0, 0.05) is 31.1 Å². The number of hydrogen-bond donors (Lipinski definition) is 2. The molecule has 0 spiro atoms. The summed E-state index contributed by atoms with van der Waals surface area (Å²) in [7, 11) is 3.32. The molecule has 5 nitrogen and oxygen atoms in total. The number of carbonyl (C=O) groups excluding carboxylic acids is 2. The van der Waals surface area contributed by atoms with Crippen molar-refractivity contribution >= 4 is 34.9 Å². The van der Waals surface area contributed by atoms with Crippen LogP contribution in [-0.4, -0.2) is 30.9 Å². The van der Waals surface area contributed by atoms with Gasteiger partial charge in [0.2, 0.25) is 0 Å². The Morgan fingerprint density at radius 2 is 1.87 bits per heavy atom. The zero-order valence-corrected chi connectivity index (χ0v) is 14.5. The van der Waals surface area contributed by atoms with Crippen LogP contribution < -0.4 is 10.6 Å². The lowest BCUT2D eigenvalue weighted by atomic mass is 10.1. The van der Waals surface area contributed by atoms with Crippen LogP contribution in [0.15, 0.2) is 36.4 Å². The number of hydrogen-bond acceptors (Lipinski definition) is 3. The summed E-state index contributed by atoms with van der Waals surface area (Å²) >= 11 is 7.34. The second-order valence-corrected chi connectivity index (χ2v) is 6.80. The van der Waals surface area contributed by atoms with Crippen LogP contribution in [0.25, 0.3) is 0 Å². The summed E-state index contributed by atoms with van der Waals surface area (Å²) in [6, 6.07) is 10.7. The molecule has 1 aromatic carbocycles. The smallest absolute Gasteiger partial charge is 0.317 e. The van der Waals surface area contributed by atoms with Gasteiger partial charge in [-0.2, -0.15) is 0 Å². The predicted molar refractivity (Wildman–Crippen MR) is 92.9 cm³/mol. The van der Waals surface area contributed by atoms with Gasteiger partial charge in [0.25, 0.3) is 5.91 Å². The molecule has 1 heterocycles. The topological polar surface area (TPSA) is 61.4 Å². The third kappa shape index (κ3) is 4.97. The van der Waals surface area contributed by atoms with Gasteiger partial charge in [-0.3, -0.25) is 4.79 Å². The molecular formula is C16H18ClN3O2S. The summed E-state index contributed by atoms with van der Waals surface area (Å²) in [4.78, 5) is 26.2. The largest absolute Gasteiger partial charge is 0.355 e. The highest BCUT2D eigenvalue weighted by Crippen LogP contribution is 2.22. The molecule has 2 rings (SSSR count). The number of thiophene rings is 1. The monoisotopic (exact) mass is 351 g/mol. The van der Waals surface area contributed by atoms with Gasteiger partial charge in [-0.25, -0.2) is 4.79 Å². The van der Waals surface area contributed by atoms with Crippen LogP contribution in [-0.2, 0) is 13.1 Å². The Bertz CT molecular complexity index is 685. The molecule has 0 saturated heterocycles. The molecule has 0 aliphatic carbocycles. The summed E-state index contributed by atoms with van der Waals surface area (Å²) in [5, 5.41) is 5.41. The maximum absolute atomic E-state index is 12.1. The van der Waals surface area contributed by atoms with Crippen molar-refractivity contribution in [3.8, 4) is 0 Å². The lowest BCUT2D eigenvalue weighted by Gasteiger charge is -2.17. The van der Waals surface area contributed by atoms with Gasteiger partial charge >= 0.3 is 6.03 Å². The first-order valence-corrected chi connectivity index (χ1v) is 8.23. The van der Waals surface area contributed by atoms with Crippen molar-refractivity contribution < 1.29 is 9.59 Å². The number of urea groups is 1. The van der Waals surface area contributed by atoms with Gasteiger partial charge in [-0.1, -0.05) is 23.7 Å². The van der Waals surface area contributed by atoms with Gasteiger partial charge in [0.05, 0.1) is 10.9 Å². The predicted octanol–water partition coefficient (Wildman–Crippen LogP) is 3.10. The first-order valence-electron chi connectivity index (χ1n) is 7.04. The zero-order chi connectivity index (χ0) is 16.8. The Morgan fingerprint density at radius 3 is 2.43 bits per heavy atom. The minimum Gasteiger partial charge on any atom is -0.355 e. The minimum absolute atomic E-state index is 0.130. The quantitative estimate of drug-likeness (QED) is 0.869. The van der Waals surface area contributed by atoms with Crippen LogP contribution in [0.3, 0.4) is 0 Å². The molecule has 3 amide bonds. The van der Waals surface area contributed by atoms with Crippen molar-refractivity contribution in [2.75, 3.05) is 14.1 Å².